The van der Waals surface area contributed by atoms with Crippen molar-refractivity contribution in [1.82, 2.24) is 4.90 Å². The number of benzene rings is 1. The van der Waals surface area contributed by atoms with Crippen LogP contribution < -0.4 is 0 Å². The van der Waals surface area contributed by atoms with Crippen molar-refractivity contribution in [2.45, 2.75) is 6.42 Å². The highest BCUT2D eigenvalue weighted by molar-refractivity contribution is 5.94. The topological polar surface area (TPSA) is 64.3 Å². The maximum absolute atomic E-state index is 12.1. The van der Waals surface area contributed by atoms with Gasteiger partial charge in [-0.15, -0.1) is 0 Å². The average molecular weight is 230 g/mol. The van der Waals surface area contributed by atoms with Gasteiger partial charge in [-0.2, -0.15) is 5.26 Å². The van der Waals surface area contributed by atoms with Gasteiger partial charge in [-0.3, -0.25) is 4.79 Å². The SMILES string of the molecule is N#Cc1cccc(C(=O)N2CC[C@@H](CO)C2)c1. The summed E-state index contributed by atoms with van der Waals surface area (Å²) in [6.07, 6.45) is 0.847. The summed E-state index contributed by atoms with van der Waals surface area (Å²) in [4.78, 5) is 13.8. The zero-order chi connectivity index (χ0) is 12.3. The minimum absolute atomic E-state index is 0.0574. The van der Waals surface area contributed by atoms with Crippen molar-refractivity contribution in [3.05, 3.63) is 35.4 Å². The Bertz CT molecular complexity index is 465. The van der Waals surface area contributed by atoms with Crippen LogP contribution in [0.15, 0.2) is 24.3 Å². The Labute approximate surface area is 100 Å². The van der Waals surface area contributed by atoms with Crippen molar-refractivity contribution in [3.8, 4) is 6.07 Å². The molecular formula is C13H14N2O2. The molecule has 4 heteroatoms. The van der Waals surface area contributed by atoms with Gasteiger partial charge in [-0.1, -0.05) is 6.07 Å². The molecule has 0 radical (unpaired) electrons. The van der Waals surface area contributed by atoms with E-state index in [-0.39, 0.29) is 18.4 Å². The molecule has 0 aliphatic carbocycles. The zero-order valence-electron chi connectivity index (χ0n) is 9.47. The summed E-state index contributed by atoms with van der Waals surface area (Å²) in [6, 6.07) is 8.74. The van der Waals surface area contributed by atoms with Crippen molar-refractivity contribution in [2.24, 2.45) is 5.92 Å². The van der Waals surface area contributed by atoms with Crippen LogP contribution in [0, 0.1) is 17.2 Å². The first-order valence-electron chi connectivity index (χ1n) is 5.65. The van der Waals surface area contributed by atoms with Crippen molar-refractivity contribution in [2.75, 3.05) is 19.7 Å². The molecule has 4 nitrogen and oxygen atoms in total. The van der Waals surface area contributed by atoms with Crippen LogP contribution in [0.1, 0.15) is 22.3 Å². The molecule has 1 aromatic rings. The predicted octanol–water partition coefficient (Wildman–Crippen LogP) is 1.01. The first-order chi connectivity index (χ1) is 8.24. The second-order valence-electron chi connectivity index (χ2n) is 4.28. The van der Waals surface area contributed by atoms with Crippen LogP contribution in [-0.2, 0) is 0 Å². The van der Waals surface area contributed by atoms with E-state index in [4.69, 9.17) is 10.4 Å². The van der Waals surface area contributed by atoms with Crippen molar-refractivity contribution in [1.29, 1.82) is 5.26 Å². The molecule has 1 aliphatic heterocycles. The molecule has 1 amide bonds. The van der Waals surface area contributed by atoms with Gasteiger partial charge in [0.25, 0.3) is 5.91 Å². The minimum Gasteiger partial charge on any atom is -0.396 e. The van der Waals surface area contributed by atoms with Gasteiger partial charge in [0.1, 0.15) is 0 Å². The monoisotopic (exact) mass is 230 g/mol. The van der Waals surface area contributed by atoms with Crippen LogP contribution in [0.2, 0.25) is 0 Å². The van der Waals surface area contributed by atoms with E-state index in [1.54, 1.807) is 29.2 Å². The molecule has 1 aliphatic rings. The average Bonchev–Trinajstić information content (AvgIpc) is 2.86. The Kier molecular flexibility index (Phi) is 3.40. The lowest BCUT2D eigenvalue weighted by atomic mass is 10.1. The van der Waals surface area contributed by atoms with E-state index in [9.17, 15) is 4.79 Å². The van der Waals surface area contributed by atoms with Crippen LogP contribution in [0.4, 0.5) is 0 Å². The minimum atomic E-state index is -0.0574. The fourth-order valence-electron chi connectivity index (χ4n) is 2.07. The normalized spacial score (nSPS) is 19.1. The van der Waals surface area contributed by atoms with E-state index < -0.39 is 0 Å². The molecule has 0 bridgehead atoms. The fraction of sp³-hybridized carbons (Fsp3) is 0.385. The van der Waals surface area contributed by atoms with Gasteiger partial charge < -0.3 is 10.0 Å². The largest absolute Gasteiger partial charge is 0.396 e. The number of aliphatic hydroxyl groups excluding tert-OH is 1. The van der Waals surface area contributed by atoms with Gasteiger partial charge in [-0.05, 0) is 24.6 Å². The van der Waals surface area contributed by atoms with Gasteiger partial charge in [0.05, 0.1) is 11.6 Å². The predicted molar refractivity (Wildman–Crippen MR) is 62.3 cm³/mol. The number of carbonyl (C=O) groups excluding carboxylic acids is 1. The lowest BCUT2D eigenvalue weighted by Crippen LogP contribution is -2.29. The summed E-state index contributed by atoms with van der Waals surface area (Å²) in [5.74, 6) is 0.135. The van der Waals surface area contributed by atoms with Gasteiger partial charge in [0, 0.05) is 31.2 Å². The first-order valence-corrected chi connectivity index (χ1v) is 5.65. The lowest BCUT2D eigenvalue weighted by Gasteiger charge is -2.16. The molecule has 1 heterocycles. The second kappa shape index (κ2) is 4.98. The van der Waals surface area contributed by atoms with Gasteiger partial charge in [0.2, 0.25) is 0 Å². The lowest BCUT2D eigenvalue weighted by molar-refractivity contribution is 0.0782. The fourth-order valence-corrected chi connectivity index (χ4v) is 2.07. The van der Waals surface area contributed by atoms with E-state index in [1.165, 1.54) is 0 Å². The molecule has 17 heavy (non-hydrogen) atoms. The Hall–Kier alpha value is -1.86. The summed E-state index contributed by atoms with van der Waals surface area (Å²) in [5.41, 5.74) is 1.04. The van der Waals surface area contributed by atoms with E-state index >= 15 is 0 Å². The highest BCUT2D eigenvalue weighted by Crippen LogP contribution is 2.18. The molecule has 1 fully saturated rings. The summed E-state index contributed by atoms with van der Waals surface area (Å²) in [5, 5.41) is 17.8. The highest BCUT2D eigenvalue weighted by atomic mass is 16.3. The number of carbonyl (C=O) groups is 1. The summed E-state index contributed by atoms with van der Waals surface area (Å²) in [7, 11) is 0. The number of hydrogen-bond donors (Lipinski definition) is 1. The van der Waals surface area contributed by atoms with E-state index in [0.717, 1.165) is 6.42 Å². The summed E-state index contributed by atoms with van der Waals surface area (Å²) in [6.45, 7) is 1.41. The number of rotatable bonds is 2. The van der Waals surface area contributed by atoms with E-state index in [2.05, 4.69) is 0 Å². The Morgan fingerprint density at radius 3 is 3.06 bits per heavy atom. The third-order valence-electron chi connectivity index (χ3n) is 3.07. The quantitative estimate of drug-likeness (QED) is 0.824. The standard InChI is InChI=1S/C13H14N2O2/c14-7-10-2-1-3-12(6-10)13(17)15-5-4-11(8-15)9-16/h1-3,6,11,16H,4-5,8-9H2/t11-/m1/s1. The Morgan fingerprint density at radius 2 is 2.41 bits per heavy atom. The van der Waals surface area contributed by atoms with Crippen LogP contribution in [0.5, 0.6) is 0 Å². The van der Waals surface area contributed by atoms with Crippen LogP contribution >= 0.6 is 0 Å². The molecule has 1 atom stereocenters. The van der Waals surface area contributed by atoms with E-state index in [1.807, 2.05) is 6.07 Å². The molecular weight excluding hydrogens is 216 g/mol. The smallest absolute Gasteiger partial charge is 0.253 e. The van der Waals surface area contributed by atoms with Crippen molar-refractivity contribution < 1.29 is 9.90 Å². The molecule has 1 aromatic carbocycles. The van der Waals surface area contributed by atoms with Crippen molar-refractivity contribution >= 4 is 5.91 Å². The highest BCUT2D eigenvalue weighted by Gasteiger charge is 2.26. The molecule has 1 saturated heterocycles. The van der Waals surface area contributed by atoms with Gasteiger partial charge in [-0.25, -0.2) is 0 Å². The number of hydrogen-bond acceptors (Lipinski definition) is 3. The van der Waals surface area contributed by atoms with Gasteiger partial charge in [0.15, 0.2) is 0 Å². The summed E-state index contributed by atoms with van der Waals surface area (Å²) >= 11 is 0. The number of amides is 1. The Balaban J connectivity index is 2.12. The van der Waals surface area contributed by atoms with Crippen LogP contribution in [0.25, 0.3) is 0 Å². The molecule has 0 aromatic heterocycles. The van der Waals surface area contributed by atoms with Crippen molar-refractivity contribution in [3.63, 3.8) is 0 Å². The zero-order valence-corrected chi connectivity index (χ0v) is 9.47. The molecule has 88 valence electrons. The van der Waals surface area contributed by atoms with Gasteiger partial charge >= 0.3 is 0 Å². The van der Waals surface area contributed by atoms with Crippen LogP contribution in [0.3, 0.4) is 0 Å². The molecule has 1 N–H and O–H groups in total. The number of nitriles is 1. The third-order valence-corrected chi connectivity index (χ3v) is 3.07. The van der Waals surface area contributed by atoms with Crippen LogP contribution in [-0.4, -0.2) is 35.6 Å². The summed E-state index contributed by atoms with van der Waals surface area (Å²) < 4.78 is 0. The number of nitrogens with zero attached hydrogens (tertiary/aromatic N) is 2. The third kappa shape index (κ3) is 2.45. The number of aliphatic hydroxyl groups is 1. The van der Waals surface area contributed by atoms with E-state index in [0.29, 0.717) is 24.2 Å². The number of likely N-dealkylation sites (tertiary alicyclic amines) is 1. The first kappa shape index (κ1) is 11.6. The molecule has 0 saturated carbocycles. The molecule has 0 spiro atoms. The second-order valence-corrected chi connectivity index (χ2v) is 4.28. The Morgan fingerprint density at radius 1 is 1.59 bits per heavy atom. The maximum atomic E-state index is 12.1. The maximum Gasteiger partial charge on any atom is 0.253 e. The molecule has 2 rings (SSSR count). The molecule has 0 unspecified atom stereocenters.